The molecule has 0 fully saturated rings. The minimum Gasteiger partial charge on any atom is -0.314 e. The molecule has 21 heavy (non-hydrogen) atoms. The van der Waals surface area contributed by atoms with Crippen LogP contribution in [0.15, 0.2) is 33.9 Å². The van der Waals surface area contributed by atoms with E-state index in [-0.39, 0.29) is 0 Å². The number of hydrogen-bond acceptors (Lipinski definition) is 5. The van der Waals surface area contributed by atoms with E-state index in [1.165, 1.54) is 11.3 Å². The maximum Gasteiger partial charge on any atom is 0.250 e. The fourth-order valence-electron chi connectivity index (χ4n) is 1.77. The molecule has 2 aromatic heterocycles. The van der Waals surface area contributed by atoms with Crippen molar-refractivity contribution in [1.29, 1.82) is 0 Å². The van der Waals surface area contributed by atoms with E-state index < -0.39 is 10.0 Å². The summed E-state index contributed by atoms with van der Waals surface area (Å²) in [6.07, 6.45) is 0.850. The second kappa shape index (κ2) is 7.51. The van der Waals surface area contributed by atoms with Gasteiger partial charge in [-0.3, -0.25) is 0 Å². The Balaban J connectivity index is 1.92. The van der Waals surface area contributed by atoms with E-state index in [2.05, 4.69) is 23.9 Å². The fraction of sp³-hybridized carbons (Fsp3) is 0.429. The summed E-state index contributed by atoms with van der Waals surface area (Å²) < 4.78 is 27.5. The maximum absolute atomic E-state index is 12.2. The van der Waals surface area contributed by atoms with E-state index in [1.54, 1.807) is 17.4 Å². The molecule has 0 bridgehead atoms. The molecule has 0 saturated heterocycles. The highest BCUT2D eigenvalue weighted by Crippen LogP contribution is 2.22. The van der Waals surface area contributed by atoms with Gasteiger partial charge in [0.05, 0.1) is 0 Å². The number of rotatable bonds is 8. The van der Waals surface area contributed by atoms with Crippen LogP contribution in [0, 0.1) is 0 Å². The lowest BCUT2D eigenvalue weighted by Gasteiger charge is -2.06. The summed E-state index contributed by atoms with van der Waals surface area (Å²) in [4.78, 5) is 2.09. The average molecular weight is 345 g/mol. The van der Waals surface area contributed by atoms with Crippen molar-refractivity contribution in [3.8, 4) is 0 Å². The molecule has 0 aliphatic heterocycles. The Morgan fingerprint density at radius 3 is 2.67 bits per heavy atom. The van der Waals surface area contributed by atoms with Crippen molar-refractivity contribution in [2.45, 2.75) is 37.1 Å². The van der Waals surface area contributed by atoms with Gasteiger partial charge in [0.15, 0.2) is 0 Å². The van der Waals surface area contributed by atoms with Crippen molar-refractivity contribution in [2.75, 3.05) is 6.54 Å². The lowest BCUT2D eigenvalue weighted by Crippen LogP contribution is -2.24. The molecule has 2 N–H and O–H groups in total. The fourth-order valence-corrected chi connectivity index (χ4v) is 4.91. The van der Waals surface area contributed by atoms with Crippen LogP contribution in [0.1, 0.15) is 23.6 Å². The average Bonchev–Trinajstić information content (AvgIpc) is 3.07. The predicted octanol–water partition coefficient (Wildman–Crippen LogP) is 2.83. The van der Waals surface area contributed by atoms with Crippen molar-refractivity contribution < 1.29 is 8.42 Å². The molecular weight excluding hydrogens is 324 g/mol. The Labute approximate surface area is 134 Å². The van der Waals surface area contributed by atoms with E-state index in [0.29, 0.717) is 16.8 Å². The summed E-state index contributed by atoms with van der Waals surface area (Å²) in [5, 5.41) is 5.27. The summed E-state index contributed by atoms with van der Waals surface area (Å²) in [5.41, 5.74) is 0. The summed E-state index contributed by atoms with van der Waals surface area (Å²) in [6.45, 7) is 5.40. The molecule has 4 nitrogen and oxygen atoms in total. The highest BCUT2D eigenvalue weighted by Gasteiger charge is 2.16. The molecule has 0 aliphatic carbocycles. The second-order valence-corrected chi connectivity index (χ2v) is 9.18. The first kappa shape index (κ1) is 16.6. The summed E-state index contributed by atoms with van der Waals surface area (Å²) in [5.74, 6) is 0. The number of thiophene rings is 2. The Morgan fingerprint density at radius 1 is 1.19 bits per heavy atom. The molecule has 0 radical (unpaired) electrons. The Kier molecular flexibility index (Phi) is 5.95. The van der Waals surface area contributed by atoms with Gasteiger partial charge >= 0.3 is 0 Å². The first-order valence-electron chi connectivity index (χ1n) is 6.81. The van der Waals surface area contributed by atoms with Crippen LogP contribution in [-0.2, 0) is 23.0 Å². The van der Waals surface area contributed by atoms with E-state index in [9.17, 15) is 8.42 Å². The van der Waals surface area contributed by atoms with Crippen LogP contribution >= 0.6 is 22.7 Å². The summed E-state index contributed by atoms with van der Waals surface area (Å²) >= 11 is 2.89. The minimum atomic E-state index is -3.40. The van der Waals surface area contributed by atoms with Gasteiger partial charge in [0, 0.05) is 28.9 Å². The topological polar surface area (TPSA) is 58.2 Å². The van der Waals surface area contributed by atoms with Crippen molar-refractivity contribution in [2.24, 2.45) is 0 Å². The predicted molar refractivity (Wildman–Crippen MR) is 89.5 cm³/mol. The number of sulfonamides is 1. The maximum atomic E-state index is 12.2. The Morgan fingerprint density at radius 2 is 2.00 bits per heavy atom. The number of nitrogens with one attached hydrogen (secondary N) is 2. The summed E-state index contributed by atoms with van der Waals surface area (Å²) in [6, 6.07) is 7.86. The van der Waals surface area contributed by atoms with Gasteiger partial charge in [0.1, 0.15) is 4.21 Å². The molecular formula is C14H20N2O2S3. The molecule has 0 aliphatic rings. The molecule has 2 aromatic rings. The van der Waals surface area contributed by atoms with Crippen molar-refractivity contribution in [3.05, 3.63) is 39.4 Å². The molecule has 0 saturated carbocycles. The largest absolute Gasteiger partial charge is 0.314 e. The smallest absolute Gasteiger partial charge is 0.250 e. The monoisotopic (exact) mass is 344 g/mol. The van der Waals surface area contributed by atoms with Crippen LogP contribution in [-0.4, -0.2) is 21.0 Å². The molecule has 2 heterocycles. The van der Waals surface area contributed by atoms with Crippen molar-refractivity contribution in [3.63, 3.8) is 0 Å². The number of hydrogen-bond donors (Lipinski definition) is 2. The first-order chi connectivity index (χ1) is 9.97. The third kappa shape index (κ3) is 5.19. The first-order valence-corrected chi connectivity index (χ1v) is 9.99. The lowest BCUT2D eigenvalue weighted by molar-refractivity contribution is 0.584. The van der Waals surface area contributed by atoms with E-state index in [0.717, 1.165) is 22.7 Å². The highest BCUT2D eigenvalue weighted by molar-refractivity contribution is 7.91. The third-order valence-corrected chi connectivity index (χ3v) is 6.76. The van der Waals surface area contributed by atoms with Crippen molar-refractivity contribution in [1.82, 2.24) is 10.0 Å². The zero-order valence-electron chi connectivity index (χ0n) is 12.1. The van der Waals surface area contributed by atoms with E-state index in [4.69, 9.17) is 0 Å². The molecule has 0 aromatic carbocycles. The third-order valence-electron chi connectivity index (χ3n) is 2.84. The van der Waals surface area contributed by atoms with Gasteiger partial charge in [-0.25, -0.2) is 13.1 Å². The minimum absolute atomic E-state index is 0.349. The standard InChI is InChI=1S/C14H20N2O2S3/c1-11(2)15-8-7-12-5-6-14(20-12)21(17,18)16-10-13-4-3-9-19-13/h3-6,9,11,15-16H,7-8,10H2,1-2H3. The summed E-state index contributed by atoms with van der Waals surface area (Å²) in [7, 11) is -3.40. The Hall–Kier alpha value is -0.730. The van der Waals surface area contributed by atoms with Crippen LogP contribution in [0.25, 0.3) is 0 Å². The van der Waals surface area contributed by atoms with Crippen LogP contribution in [0.4, 0.5) is 0 Å². The molecule has 116 valence electrons. The molecule has 0 amide bonds. The van der Waals surface area contributed by atoms with Crippen molar-refractivity contribution >= 4 is 32.7 Å². The quantitative estimate of drug-likeness (QED) is 0.774. The zero-order chi connectivity index (χ0) is 15.3. The molecule has 0 unspecified atom stereocenters. The lowest BCUT2D eigenvalue weighted by atomic mass is 10.3. The van der Waals surface area contributed by atoms with Gasteiger partial charge in [-0.2, -0.15) is 0 Å². The van der Waals surface area contributed by atoms with Gasteiger partial charge in [-0.15, -0.1) is 22.7 Å². The van der Waals surface area contributed by atoms with Gasteiger partial charge in [-0.1, -0.05) is 19.9 Å². The van der Waals surface area contributed by atoms with Gasteiger partial charge in [0.25, 0.3) is 0 Å². The van der Waals surface area contributed by atoms with E-state index in [1.807, 2.05) is 23.6 Å². The van der Waals surface area contributed by atoms with Crippen LogP contribution < -0.4 is 10.0 Å². The van der Waals surface area contributed by atoms with E-state index >= 15 is 0 Å². The normalized spacial score (nSPS) is 12.1. The Bertz CT molecular complexity index is 646. The SMILES string of the molecule is CC(C)NCCc1ccc(S(=O)(=O)NCc2cccs2)s1. The molecule has 7 heteroatoms. The second-order valence-electron chi connectivity index (χ2n) is 4.98. The van der Waals surface area contributed by atoms with Gasteiger partial charge < -0.3 is 5.32 Å². The van der Waals surface area contributed by atoms with Gasteiger partial charge in [-0.05, 0) is 30.0 Å². The molecule has 0 spiro atoms. The van der Waals surface area contributed by atoms with Crippen LogP contribution in [0.3, 0.4) is 0 Å². The zero-order valence-corrected chi connectivity index (χ0v) is 14.6. The molecule has 0 atom stereocenters. The highest BCUT2D eigenvalue weighted by atomic mass is 32.2. The van der Waals surface area contributed by atoms with Crippen LogP contribution in [0.5, 0.6) is 0 Å². The van der Waals surface area contributed by atoms with Crippen LogP contribution in [0.2, 0.25) is 0 Å². The van der Waals surface area contributed by atoms with Gasteiger partial charge in [0.2, 0.25) is 10.0 Å². The molecule has 2 rings (SSSR count).